The third-order valence-corrected chi connectivity index (χ3v) is 4.31. The monoisotopic (exact) mass is 394 g/mol. The highest BCUT2D eigenvalue weighted by Crippen LogP contribution is 2.32. The quantitative estimate of drug-likeness (QED) is 0.291. The lowest BCUT2D eigenvalue weighted by molar-refractivity contribution is -0.138. The van der Waals surface area contributed by atoms with Gasteiger partial charge in [-0.05, 0) is 29.8 Å². The summed E-state index contributed by atoms with van der Waals surface area (Å²) in [6.45, 7) is 0.199. The van der Waals surface area contributed by atoms with Crippen LogP contribution in [0.4, 0.5) is 24.5 Å². The lowest BCUT2D eigenvalue weighted by atomic mass is 10.0. The van der Waals surface area contributed by atoms with Crippen molar-refractivity contribution in [3.63, 3.8) is 0 Å². The summed E-state index contributed by atoms with van der Waals surface area (Å²) < 4.78 is 39.3. The number of fused-ring (bicyclic) bond motifs is 1. The van der Waals surface area contributed by atoms with E-state index in [0.717, 1.165) is 28.5 Å². The van der Waals surface area contributed by atoms with E-state index in [1.54, 1.807) is 0 Å². The van der Waals surface area contributed by atoms with Crippen LogP contribution < -0.4 is 27.5 Å². The fourth-order valence-electron chi connectivity index (χ4n) is 2.95. The molecule has 0 aromatic heterocycles. The van der Waals surface area contributed by atoms with E-state index in [1.165, 1.54) is 12.1 Å². The van der Waals surface area contributed by atoms with Crippen LogP contribution in [0.1, 0.15) is 17.2 Å². The number of carbonyl (C=O) groups excluding carboxylic acids is 1. The number of anilines is 2. The minimum Gasteiger partial charge on any atom is -0.351 e. The molecule has 0 saturated heterocycles. The van der Waals surface area contributed by atoms with Crippen LogP contribution in [-0.2, 0) is 11.0 Å². The van der Waals surface area contributed by atoms with Crippen LogP contribution in [0, 0.1) is 0 Å². The number of rotatable bonds is 6. The molecule has 7 nitrogen and oxygen atoms in total. The molecule has 10 heteroatoms. The minimum atomic E-state index is -4.52. The third-order valence-electron chi connectivity index (χ3n) is 4.31. The second-order valence-corrected chi connectivity index (χ2v) is 6.31. The van der Waals surface area contributed by atoms with Crippen molar-refractivity contribution in [3.8, 4) is 0 Å². The lowest BCUT2D eigenvalue weighted by Gasteiger charge is -2.27. The number of alkyl halides is 3. The van der Waals surface area contributed by atoms with Gasteiger partial charge in [0.25, 0.3) is 5.91 Å². The average Bonchev–Trinajstić information content (AvgIpc) is 3.08. The second-order valence-electron chi connectivity index (χ2n) is 6.31. The molecule has 28 heavy (non-hydrogen) atoms. The van der Waals surface area contributed by atoms with Crippen LogP contribution in [0.3, 0.4) is 0 Å². The van der Waals surface area contributed by atoms with Gasteiger partial charge in [0, 0.05) is 13.1 Å². The van der Waals surface area contributed by atoms with Crippen molar-refractivity contribution in [1.29, 1.82) is 0 Å². The molecule has 1 heterocycles. The predicted molar refractivity (Wildman–Crippen MR) is 99.8 cm³/mol. The van der Waals surface area contributed by atoms with Crippen molar-refractivity contribution in [2.75, 3.05) is 23.7 Å². The van der Waals surface area contributed by atoms with E-state index < -0.39 is 30.0 Å². The summed E-state index contributed by atoms with van der Waals surface area (Å²) in [5.41, 5.74) is 6.36. The molecule has 2 aromatic carbocycles. The smallest absolute Gasteiger partial charge is 0.351 e. The Hall–Kier alpha value is -2.82. The molecule has 150 valence electrons. The lowest BCUT2D eigenvalue weighted by Crippen LogP contribution is -2.51. The zero-order valence-corrected chi connectivity index (χ0v) is 14.8. The first-order chi connectivity index (χ1) is 13.3. The largest absolute Gasteiger partial charge is 0.416 e. The highest BCUT2D eigenvalue weighted by molar-refractivity contribution is 5.83. The Labute approximate surface area is 159 Å². The summed E-state index contributed by atoms with van der Waals surface area (Å²) in [7, 11) is 0. The van der Waals surface area contributed by atoms with E-state index in [1.807, 2.05) is 24.3 Å². The number of carbonyl (C=O) groups is 1. The van der Waals surface area contributed by atoms with Crippen molar-refractivity contribution in [2.45, 2.75) is 18.5 Å². The number of hydrogen-bond acceptors (Lipinski definition) is 6. The Kier molecular flexibility index (Phi) is 5.73. The molecule has 0 radical (unpaired) electrons. The highest BCUT2D eigenvalue weighted by Gasteiger charge is 2.34. The molecular formula is C18H21F3N6O. The first-order valence-electron chi connectivity index (χ1n) is 8.61. The molecule has 0 bridgehead atoms. The zero-order chi connectivity index (χ0) is 20.3. The molecule has 1 unspecified atom stereocenters. The van der Waals surface area contributed by atoms with Crippen molar-refractivity contribution in [1.82, 2.24) is 10.3 Å². The number of amides is 1. The van der Waals surface area contributed by atoms with E-state index in [0.29, 0.717) is 0 Å². The van der Waals surface area contributed by atoms with Crippen LogP contribution in [0.5, 0.6) is 0 Å². The Balaban J connectivity index is 1.87. The van der Waals surface area contributed by atoms with Gasteiger partial charge in [0.15, 0.2) is 6.29 Å². The first kappa shape index (κ1) is 19.9. The summed E-state index contributed by atoms with van der Waals surface area (Å²) in [5, 5.41) is 10.1. The topological polar surface area (TPSA) is 108 Å². The molecule has 1 amide bonds. The molecule has 2 aromatic rings. The van der Waals surface area contributed by atoms with Gasteiger partial charge < -0.3 is 16.4 Å². The second kappa shape index (κ2) is 8.05. The molecule has 7 N–H and O–H groups in total. The number of hydrogen-bond donors (Lipinski definition) is 5. The highest BCUT2D eigenvalue weighted by atomic mass is 19.4. The van der Waals surface area contributed by atoms with Gasteiger partial charge in [-0.2, -0.15) is 13.2 Å². The van der Waals surface area contributed by atoms with Crippen molar-refractivity contribution in [2.24, 2.45) is 11.6 Å². The van der Waals surface area contributed by atoms with E-state index >= 15 is 0 Å². The molecule has 0 fully saturated rings. The van der Waals surface area contributed by atoms with Crippen LogP contribution in [0.15, 0.2) is 48.5 Å². The van der Waals surface area contributed by atoms with Crippen LogP contribution in [0.2, 0.25) is 0 Å². The molecular weight excluding hydrogens is 373 g/mol. The molecule has 1 aliphatic rings. The van der Waals surface area contributed by atoms with Gasteiger partial charge in [0.05, 0.1) is 16.9 Å². The van der Waals surface area contributed by atoms with Gasteiger partial charge in [-0.3, -0.25) is 15.1 Å². The standard InChI is InChI=1S/C18H21F3N6O/c19-18(20,21)12-5-3-4-11(10-12)15(16(28)27(23)9-8-22)26-17-24-13-6-1-2-7-14(13)25-17/h1-7,10,15,17,24-26H,8-9,22-23H2. The maximum Gasteiger partial charge on any atom is 0.416 e. The van der Waals surface area contributed by atoms with Crippen LogP contribution >= 0.6 is 0 Å². The van der Waals surface area contributed by atoms with Crippen molar-refractivity contribution < 1.29 is 18.0 Å². The summed E-state index contributed by atoms with van der Waals surface area (Å²) in [6.07, 6.45) is -5.10. The number of nitrogens with two attached hydrogens (primary N) is 2. The molecule has 1 aliphatic heterocycles. The molecule has 3 rings (SSSR count). The Bertz CT molecular complexity index is 819. The Morgan fingerprint density at radius 3 is 2.36 bits per heavy atom. The van der Waals surface area contributed by atoms with Gasteiger partial charge in [-0.1, -0.05) is 24.3 Å². The SMILES string of the molecule is NCCN(N)C(=O)C(NC1Nc2ccccc2N1)c1cccc(C(F)(F)F)c1. The van der Waals surface area contributed by atoms with E-state index in [-0.39, 0.29) is 18.7 Å². The van der Waals surface area contributed by atoms with Crippen molar-refractivity contribution >= 4 is 17.3 Å². The fraction of sp³-hybridized carbons (Fsp3) is 0.278. The number of nitrogens with zero attached hydrogens (tertiary/aromatic N) is 1. The summed E-state index contributed by atoms with van der Waals surface area (Å²) in [4.78, 5) is 12.8. The fourth-order valence-corrected chi connectivity index (χ4v) is 2.95. The number of halogens is 3. The van der Waals surface area contributed by atoms with Gasteiger partial charge in [0.1, 0.15) is 6.04 Å². The average molecular weight is 394 g/mol. The summed E-state index contributed by atoms with van der Waals surface area (Å²) in [6, 6.07) is 10.8. The molecule has 0 spiro atoms. The molecule has 0 saturated carbocycles. The Morgan fingerprint density at radius 1 is 1.14 bits per heavy atom. The number of hydrazine groups is 1. The van der Waals surface area contributed by atoms with E-state index in [2.05, 4.69) is 16.0 Å². The molecule has 0 aliphatic carbocycles. The van der Waals surface area contributed by atoms with E-state index in [4.69, 9.17) is 11.6 Å². The maximum absolute atomic E-state index is 13.1. The third kappa shape index (κ3) is 4.35. The number of benzene rings is 2. The van der Waals surface area contributed by atoms with Crippen LogP contribution in [0.25, 0.3) is 0 Å². The predicted octanol–water partition coefficient (Wildman–Crippen LogP) is 1.82. The summed E-state index contributed by atoms with van der Waals surface area (Å²) in [5.74, 6) is 5.16. The van der Waals surface area contributed by atoms with E-state index in [9.17, 15) is 18.0 Å². The normalized spacial score (nSPS) is 14.8. The first-order valence-corrected chi connectivity index (χ1v) is 8.61. The van der Waals surface area contributed by atoms with Gasteiger partial charge >= 0.3 is 6.18 Å². The Morgan fingerprint density at radius 2 is 1.79 bits per heavy atom. The van der Waals surface area contributed by atoms with Crippen molar-refractivity contribution in [3.05, 3.63) is 59.7 Å². The van der Waals surface area contributed by atoms with Gasteiger partial charge in [-0.15, -0.1) is 0 Å². The van der Waals surface area contributed by atoms with Gasteiger partial charge in [-0.25, -0.2) is 5.84 Å². The van der Waals surface area contributed by atoms with Crippen LogP contribution in [-0.4, -0.2) is 30.3 Å². The van der Waals surface area contributed by atoms with Gasteiger partial charge in [0.2, 0.25) is 0 Å². The number of nitrogens with one attached hydrogen (secondary N) is 3. The minimum absolute atomic E-state index is 0.0712. The zero-order valence-electron chi connectivity index (χ0n) is 14.8. The number of para-hydroxylation sites is 2. The summed E-state index contributed by atoms with van der Waals surface area (Å²) >= 11 is 0. The molecule has 1 atom stereocenters. The maximum atomic E-state index is 13.1.